The predicted octanol–water partition coefficient (Wildman–Crippen LogP) is 5.93. The zero-order valence-corrected chi connectivity index (χ0v) is 22.7. The highest BCUT2D eigenvalue weighted by Gasteiger charge is 2.34. The fourth-order valence-corrected chi connectivity index (χ4v) is 4.55. The van der Waals surface area contributed by atoms with Gasteiger partial charge in [-0.15, -0.1) is 0 Å². The Balaban J connectivity index is 1.46. The number of nitrogens with zero attached hydrogens (tertiary/aromatic N) is 2. The van der Waals surface area contributed by atoms with Gasteiger partial charge in [-0.05, 0) is 73.0 Å². The van der Waals surface area contributed by atoms with Gasteiger partial charge in [0.15, 0.2) is 0 Å². The quantitative estimate of drug-likeness (QED) is 0.328. The van der Waals surface area contributed by atoms with Gasteiger partial charge in [0.25, 0.3) is 5.91 Å². The van der Waals surface area contributed by atoms with Gasteiger partial charge in [0.05, 0.1) is 12.2 Å². The van der Waals surface area contributed by atoms with Crippen LogP contribution in [0.4, 0.5) is 11.4 Å². The van der Waals surface area contributed by atoms with E-state index < -0.39 is 6.17 Å². The molecule has 7 nitrogen and oxygen atoms in total. The molecule has 0 fully saturated rings. The van der Waals surface area contributed by atoms with Crippen LogP contribution in [0.2, 0.25) is 5.02 Å². The van der Waals surface area contributed by atoms with Crippen molar-refractivity contribution in [3.05, 3.63) is 86.8 Å². The highest BCUT2D eigenvalue weighted by molar-refractivity contribution is 9.10. The molecule has 0 bridgehead atoms. The molecule has 3 aromatic rings. The van der Waals surface area contributed by atoms with Gasteiger partial charge in [-0.25, -0.2) is 5.01 Å². The Kier molecular flexibility index (Phi) is 8.06. The first kappa shape index (κ1) is 25.9. The summed E-state index contributed by atoms with van der Waals surface area (Å²) in [5.74, 6) is 0.182. The van der Waals surface area contributed by atoms with Crippen LogP contribution < -0.4 is 20.4 Å². The zero-order chi connectivity index (χ0) is 25.8. The molecule has 0 saturated heterocycles. The van der Waals surface area contributed by atoms with Crippen LogP contribution in [0.3, 0.4) is 0 Å². The summed E-state index contributed by atoms with van der Waals surface area (Å²) in [4.78, 5) is 28.3. The molecule has 1 unspecified atom stereocenters. The van der Waals surface area contributed by atoms with Crippen LogP contribution in [0.5, 0.6) is 5.75 Å². The van der Waals surface area contributed by atoms with Gasteiger partial charge >= 0.3 is 0 Å². The molecular formula is C27H28BrClN4O3. The largest absolute Gasteiger partial charge is 0.493 e. The summed E-state index contributed by atoms with van der Waals surface area (Å²) in [5, 5.41) is 5.41. The number of anilines is 2. The van der Waals surface area contributed by atoms with Crippen LogP contribution in [0, 0.1) is 6.92 Å². The van der Waals surface area contributed by atoms with Crippen molar-refractivity contribution in [1.82, 2.24) is 10.4 Å². The second-order valence-electron chi connectivity index (χ2n) is 8.79. The van der Waals surface area contributed by atoms with E-state index in [4.69, 9.17) is 16.3 Å². The molecule has 4 rings (SSSR count). The molecule has 9 heteroatoms. The lowest BCUT2D eigenvalue weighted by molar-refractivity contribution is -0.126. The fourth-order valence-electron chi connectivity index (χ4n) is 3.96. The number of carbonyl (C=O) groups excluding carboxylic acids is 2. The maximum atomic E-state index is 13.4. The number of ether oxygens (including phenoxy) is 1. The Morgan fingerprint density at radius 3 is 2.58 bits per heavy atom. The number of benzene rings is 3. The third-order valence-electron chi connectivity index (χ3n) is 5.89. The summed E-state index contributed by atoms with van der Waals surface area (Å²) < 4.78 is 6.58. The molecule has 3 aromatic carbocycles. The van der Waals surface area contributed by atoms with E-state index in [2.05, 4.69) is 26.7 Å². The second-order valence-corrected chi connectivity index (χ2v) is 10.1. The Labute approximate surface area is 224 Å². The molecule has 0 aromatic heterocycles. The summed E-state index contributed by atoms with van der Waals surface area (Å²) in [7, 11) is 3.94. The van der Waals surface area contributed by atoms with Crippen LogP contribution >= 0.6 is 27.5 Å². The van der Waals surface area contributed by atoms with Crippen LogP contribution in [-0.4, -0.2) is 37.5 Å². The summed E-state index contributed by atoms with van der Waals surface area (Å²) in [5.41, 5.74) is 6.83. The van der Waals surface area contributed by atoms with Gasteiger partial charge in [-0.3, -0.25) is 15.0 Å². The highest BCUT2D eigenvalue weighted by atomic mass is 79.9. The van der Waals surface area contributed by atoms with Crippen molar-refractivity contribution in [1.29, 1.82) is 0 Å². The fraction of sp³-hybridized carbons (Fsp3) is 0.259. The molecule has 0 saturated carbocycles. The third-order valence-corrected chi connectivity index (χ3v) is 6.62. The van der Waals surface area contributed by atoms with E-state index in [9.17, 15) is 9.59 Å². The number of hydrogen-bond acceptors (Lipinski definition) is 5. The average molecular weight is 572 g/mol. The van der Waals surface area contributed by atoms with E-state index in [-0.39, 0.29) is 18.2 Å². The number of carbonyl (C=O) groups is 2. The molecule has 0 radical (unpaired) electrons. The minimum Gasteiger partial charge on any atom is -0.493 e. The maximum absolute atomic E-state index is 13.4. The van der Waals surface area contributed by atoms with Gasteiger partial charge < -0.3 is 15.0 Å². The lowest BCUT2D eigenvalue weighted by atomic mass is 10.0. The van der Waals surface area contributed by atoms with Crippen molar-refractivity contribution in [2.75, 3.05) is 30.9 Å². The molecule has 1 aliphatic heterocycles. The zero-order valence-electron chi connectivity index (χ0n) is 20.3. The summed E-state index contributed by atoms with van der Waals surface area (Å²) in [6.45, 7) is 2.29. The molecule has 0 aliphatic carbocycles. The molecule has 1 atom stereocenters. The van der Waals surface area contributed by atoms with Gasteiger partial charge in [0.2, 0.25) is 5.91 Å². The molecule has 0 spiro atoms. The van der Waals surface area contributed by atoms with Gasteiger partial charge in [0.1, 0.15) is 11.9 Å². The van der Waals surface area contributed by atoms with Gasteiger partial charge in [0, 0.05) is 41.4 Å². The number of halogens is 2. The number of aryl methyl sites for hydroxylation is 1. The Morgan fingerprint density at radius 2 is 1.89 bits per heavy atom. The van der Waals surface area contributed by atoms with Crippen molar-refractivity contribution < 1.29 is 14.3 Å². The second kappa shape index (κ2) is 11.2. The van der Waals surface area contributed by atoms with Crippen LogP contribution in [0.1, 0.15) is 40.5 Å². The van der Waals surface area contributed by atoms with E-state index in [0.717, 1.165) is 27.0 Å². The molecule has 2 N–H and O–H groups in total. The minimum absolute atomic E-state index is 0.202. The number of rotatable bonds is 8. The van der Waals surface area contributed by atoms with E-state index in [1.54, 1.807) is 12.1 Å². The van der Waals surface area contributed by atoms with E-state index >= 15 is 0 Å². The van der Waals surface area contributed by atoms with E-state index in [1.807, 2.05) is 74.4 Å². The van der Waals surface area contributed by atoms with Crippen LogP contribution in [0.25, 0.3) is 0 Å². The number of fused-ring (bicyclic) bond motifs is 1. The Morgan fingerprint density at radius 1 is 1.14 bits per heavy atom. The summed E-state index contributed by atoms with van der Waals surface area (Å²) in [6, 6.07) is 18.8. The average Bonchev–Trinajstić information content (AvgIpc) is 2.85. The monoisotopic (exact) mass is 570 g/mol. The number of hydrogen-bond donors (Lipinski definition) is 2. The Bertz CT molecular complexity index is 1270. The Hall–Kier alpha value is -3.23. The van der Waals surface area contributed by atoms with Crippen molar-refractivity contribution >= 4 is 50.7 Å². The van der Waals surface area contributed by atoms with Crippen LogP contribution in [0.15, 0.2) is 65.1 Å². The smallest absolute Gasteiger partial charge is 0.276 e. The lowest BCUT2D eigenvalue weighted by Crippen LogP contribution is -2.52. The van der Waals surface area contributed by atoms with Crippen molar-refractivity contribution in [2.45, 2.75) is 25.9 Å². The predicted molar refractivity (Wildman–Crippen MR) is 147 cm³/mol. The van der Waals surface area contributed by atoms with Gasteiger partial charge in [-0.2, -0.15) is 0 Å². The SMILES string of the molecule is Cc1cc(Cl)ccc1OCCCC(=O)NN1C(=O)c2cc(Br)ccc2NC1c1ccc(N(C)C)cc1. The first-order chi connectivity index (χ1) is 17.2. The molecular weight excluding hydrogens is 544 g/mol. The normalized spacial score (nSPS) is 14.6. The first-order valence-corrected chi connectivity index (χ1v) is 12.8. The standard InChI is InChI=1S/C27H28BrClN4O3/c1-17-15-20(29)9-13-24(17)36-14-4-5-25(34)31-33-26(18-6-10-21(11-7-18)32(2)3)30-23-12-8-19(28)16-22(23)27(33)35/h6-13,15-16,26,30H,4-5,14H2,1-3H3,(H,31,34). The number of hydrazine groups is 1. The van der Waals surface area contributed by atoms with E-state index in [0.29, 0.717) is 29.3 Å². The van der Waals surface area contributed by atoms with Crippen molar-refractivity contribution in [3.63, 3.8) is 0 Å². The number of nitrogens with one attached hydrogen (secondary N) is 2. The van der Waals surface area contributed by atoms with E-state index in [1.165, 1.54) is 5.01 Å². The molecule has 1 aliphatic rings. The molecule has 1 heterocycles. The highest BCUT2D eigenvalue weighted by Crippen LogP contribution is 2.34. The third kappa shape index (κ3) is 5.94. The summed E-state index contributed by atoms with van der Waals surface area (Å²) in [6.07, 6.45) is 0.140. The molecule has 36 heavy (non-hydrogen) atoms. The first-order valence-electron chi connectivity index (χ1n) is 11.6. The topological polar surface area (TPSA) is 73.9 Å². The van der Waals surface area contributed by atoms with Crippen LogP contribution in [-0.2, 0) is 4.79 Å². The summed E-state index contributed by atoms with van der Waals surface area (Å²) >= 11 is 9.42. The molecule has 188 valence electrons. The van der Waals surface area contributed by atoms with Crippen molar-refractivity contribution in [2.24, 2.45) is 0 Å². The maximum Gasteiger partial charge on any atom is 0.276 e. The lowest BCUT2D eigenvalue weighted by Gasteiger charge is -2.38. The minimum atomic E-state index is -0.556. The van der Waals surface area contributed by atoms with Crippen molar-refractivity contribution in [3.8, 4) is 5.75 Å². The number of amides is 2. The molecule has 2 amide bonds. The van der Waals surface area contributed by atoms with Gasteiger partial charge in [-0.1, -0.05) is 39.7 Å².